The minimum atomic E-state index is -0.496. The maximum absolute atomic E-state index is 12.3. The first-order valence-corrected chi connectivity index (χ1v) is 8.28. The van der Waals surface area contributed by atoms with Gasteiger partial charge in [0.05, 0.1) is 0 Å². The SMILES string of the molecule is Cc1cc(N/C=C(/C#N)C(=O)Nc2cc(Cl)ccc2C)ccc1Br. The lowest BCUT2D eigenvalue weighted by molar-refractivity contribution is -0.112. The number of halogens is 2. The average Bonchev–Trinajstić information content (AvgIpc) is 2.55. The average molecular weight is 405 g/mol. The summed E-state index contributed by atoms with van der Waals surface area (Å²) in [6, 6.07) is 12.7. The molecule has 0 aliphatic heterocycles. The van der Waals surface area contributed by atoms with Gasteiger partial charge in [-0.3, -0.25) is 4.79 Å². The molecule has 0 unspecified atom stereocenters. The zero-order valence-electron chi connectivity index (χ0n) is 13.2. The smallest absolute Gasteiger partial charge is 0.267 e. The van der Waals surface area contributed by atoms with Crippen LogP contribution in [0.5, 0.6) is 0 Å². The van der Waals surface area contributed by atoms with Gasteiger partial charge in [0.1, 0.15) is 11.6 Å². The molecule has 0 fully saturated rings. The van der Waals surface area contributed by atoms with Crippen molar-refractivity contribution in [2.45, 2.75) is 13.8 Å². The van der Waals surface area contributed by atoms with E-state index in [1.807, 2.05) is 38.1 Å². The molecule has 0 saturated carbocycles. The van der Waals surface area contributed by atoms with Gasteiger partial charge in [0.2, 0.25) is 0 Å². The molecular formula is C18H15BrClN3O. The van der Waals surface area contributed by atoms with E-state index in [4.69, 9.17) is 11.6 Å². The van der Waals surface area contributed by atoms with Crippen LogP contribution in [0.2, 0.25) is 5.02 Å². The molecule has 2 rings (SSSR count). The van der Waals surface area contributed by atoms with E-state index in [2.05, 4.69) is 26.6 Å². The van der Waals surface area contributed by atoms with Gasteiger partial charge < -0.3 is 10.6 Å². The second kappa shape index (κ2) is 8.00. The fraction of sp³-hybridized carbons (Fsp3) is 0.111. The topological polar surface area (TPSA) is 64.9 Å². The van der Waals surface area contributed by atoms with Crippen molar-refractivity contribution >= 4 is 44.8 Å². The summed E-state index contributed by atoms with van der Waals surface area (Å²) >= 11 is 9.36. The van der Waals surface area contributed by atoms with E-state index in [1.54, 1.807) is 18.2 Å². The highest BCUT2D eigenvalue weighted by molar-refractivity contribution is 9.10. The van der Waals surface area contributed by atoms with Crippen LogP contribution in [-0.4, -0.2) is 5.91 Å². The van der Waals surface area contributed by atoms with Crippen molar-refractivity contribution in [3.05, 3.63) is 68.8 Å². The molecule has 0 aromatic heterocycles. The highest BCUT2D eigenvalue weighted by Crippen LogP contribution is 2.22. The Bertz CT molecular complexity index is 856. The van der Waals surface area contributed by atoms with Gasteiger partial charge in [-0.2, -0.15) is 5.26 Å². The van der Waals surface area contributed by atoms with Crippen LogP contribution in [0.4, 0.5) is 11.4 Å². The standard InChI is InChI=1S/C18H15BrClN3O/c1-11-3-4-14(20)8-17(11)23-18(24)13(9-21)10-22-15-5-6-16(19)12(2)7-15/h3-8,10,22H,1-2H3,(H,23,24)/b13-10-. The van der Waals surface area contributed by atoms with Crippen molar-refractivity contribution in [1.29, 1.82) is 5.26 Å². The minimum absolute atomic E-state index is 0.0325. The summed E-state index contributed by atoms with van der Waals surface area (Å²) in [6.45, 7) is 3.81. The number of rotatable bonds is 4. The summed E-state index contributed by atoms with van der Waals surface area (Å²) < 4.78 is 0.992. The molecule has 24 heavy (non-hydrogen) atoms. The van der Waals surface area contributed by atoms with E-state index in [0.717, 1.165) is 21.3 Å². The minimum Gasteiger partial charge on any atom is -0.360 e. The quantitative estimate of drug-likeness (QED) is 0.545. The molecule has 2 aromatic rings. The van der Waals surface area contributed by atoms with Gasteiger partial charge in [-0.05, 0) is 55.3 Å². The monoisotopic (exact) mass is 403 g/mol. The number of amides is 1. The molecule has 0 bridgehead atoms. The number of nitriles is 1. The molecule has 0 aliphatic carbocycles. The highest BCUT2D eigenvalue weighted by Gasteiger charge is 2.11. The first-order chi connectivity index (χ1) is 11.4. The molecule has 0 atom stereocenters. The van der Waals surface area contributed by atoms with Crippen molar-refractivity contribution in [3.63, 3.8) is 0 Å². The fourth-order valence-electron chi connectivity index (χ4n) is 1.96. The Morgan fingerprint density at radius 2 is 1.96 bits per heavy atom. The van der Waals surface area contributed by atoms with Crippen molar-refractivity contribution in [2.24, 2.45) is 0 Å². The predicted molar refractivity (Wildman–Crippen MR) is 101 cm³/mol. The third kappa shape index (κ3) is 4.60. The number of hydrogen-bond acceptors (Lipinski definition) is 3. The first-order valence-electron chi connectivity index (χ1n) is 7.11. The van der Waals surface area contributed by atoms with Gasteiger partial charge in [0.25, 0.3) is 5.91 Å². The number of anilines is 2. The number of nitrogens with one attached hydrogen (secondary N) is 2. The second-order valence-corrected chi connectivity index (χ2v) is 6.48. The summed E-state index contributed by atoms with van der Waals surface area (Å²) in [5, 5.41) is 15.4. The molecule has 4 nitrogen and oxygen atoms in total. The van der Waals surface area contributed by atoms with E-state index in [0.29, 0.717) is 10.7 Å². The highest BCUT2D eigenvalue weighted by atomic mass is 79.9. The van der Waals surface area contributed by atoms with Crippen LogP contribution in [0.25, 0.3) is 0 Å². The number of benzene rings is 2. The van der Waals surface area contributed by atoms with Crippen LogP contribution < -0.4 is 10.6 Å². The largest absolute Gasteiger partial charge is 0.360 e. The van der Waals surface area contributed by atoms with Gasteiger partial charge in [0.15, 0.2) is 0 Å². The van der Waals surface area contributed by atoms with E-state index < -0.39 is 5.91 Å². The Balaban J connectivity index is 2.15. The summed E-state index contributed by atoms with van der Waals surface area (Å²) in [5.74, 6) is -0.496. The Kier molecular flexibility index (Phi) is 6.02. The van der Waals surface area contributed by atoms with Gasteiger partial charge in [-0.1, -0.05) is 33.6 Å². The normalized spacial score (nSPS) is 10.9. The number of carbonyl (C=O) groups is 1. The molecular weight excluding hydrogens is 390 g/mol. The fourth-order valence-corrected chi connectivity index (χ4v) is 2.38. The summed E-state index contributed by atoms with van der Waals surface area (Å²) in [4.78, 5) is 12.3. The predicted octanol–water partition coefficient (Wildman–Crippen LogP) is 5.18. The van der Waals surface area contributed by atoms with Crippen LogP contribution in [0.1, 0.15) is 11.1 Å². The van der Waals surface area contributed by atoms with Crippen molar-refractivity contribution < 1.29 is 4.79 Å². The van der Waals surface area contributed by atoms with E-state index in [9.17, 15) is 10.1 Å². The Hall–Kier alpha value is -2.29. The Morgan fingerprint density at radius 1 is 1.21 bits per heavy atom. The van der Waals surface area contributed by atoms with Gasteiger partial charge in [-0.25, -0.2) is 0 Å². The molecule has 0 radical (unpaired) electrons. The lowest BCUT2D eigenvalue weighted by atomic mass is 10.2. The van der Waals surface area contributed by atoms with E-state index >= 15 is 0 Å². The van der Waals surface area contributed by atoms with Gasteiger partial charge in [0, 0.05) is 27.1 Å². The number of carbonyl (C=O) groups excluding carboxylic acids is 1. The lowest BCUT2D eigenvalue weighted by Gasteiger charge is -2.09. The van der Waals surface area contributed by atoms with Gasteiger partial charge >= 0.3 is 0 Å². The van der Waals surface area contributed by atoms with Crippen molar-refractivity contribution in [2.75, 3.05) is 10.6 Å². The summed E-state index contributed by atoms with van der Waals surface area (Å²) in [5.41, 5.74) is 3.24. The first kappa shape index (κ1) is 18.1. The molecule has 0 heterocycles. The van der Waals surface area contributed by atoms with Crippen molar-refractivity contribution in [1.82, 2.24) is 0 Å². The molecule has 0 saturated heterocycles. The van der Waals surface area contributed by atoms with Crippen molar-refractivity contribution in [3.8, 4) is 6.07 Å². The molecule has 122 valence electrons. The summed E-state index contributed by atoms with van der Waals surface area (Å²) in [7, 11) is 0. The van der Waals surface area contributed by atoms with Crippen LogP contribution in [0.15, 0.2) is 52.6 Å². The van der Waals surface area contributed by atoms with Crippen LogP contribution in [0, 0.1) is 25.2 Å². The molecule has 2 aromatic carbocycles. The number of aryl methyl sites for hydroxylation is 2. The number of hydrogen-bond donors (Lipinski definition) is 2. The molecule has 0 spiro atoms. The zero-order valence-corrected chi connectivity index (χ0v) is 15.5. The molecule has 6 heteroatoms. The Morgan fingerprint density at radius 3 is 2.62 bits per heavy atom. The summed E-state index contributed by atoms with van der Waals surface area (Å²) in [6.07, 6.45) is 1.39. The maximum atomic E-state index is 12.3. The lowest BCUT2D eigenvalue weighted by Crippen LogP contribution is -2.15. The third-order valence-corrected chi connectivity index (χ3v) is 4.48. The van der Waals surface area contributed by atoms with E-state index in [1.165, 1.54) is 6.20 Å². The Labute approximate surface area is 154 Å². The molecule has 2 N–H and O–H groups in total. The maximum Gasteiger partial charge on any atom is 0.267 e. The zero-order chi connectivity index (χ0) is 17.7. The van der Waals surface area contributed by atoms with Crippen LogP contribution in [0.3, 0.4) is 0 Å². The molecule has 1 amide bonds. The van der Waals surface area contributed by atoms with Crippen LogP contribution in [-0.2, 0) is 4.79 Å². The second-order valence-electron chi connectivity index (χ2n) is 5.19. The molecule has 0 aliphatic rings. The number of nitrogens with zero attached hydrogens (tertiary/aromatic N) is 1. The van der Waals surface area contributed by atoms with E-state index in [-0.39, 0.29) is 5.57 Å². The van der Waals surface area contributed by atoms with Crippen LogP contribution >= 0.6 is 27.5 Å². The third-order valence-electron chi connectivity index (χ3n) is 3.35. The van der Waals surface area contributed by atoms with Gasteiger partial charge in [-0.15, -0.1) is 0 Å².